The van der Waals surface area contributed by atoms with Crippen LogP contribution >= 0.6 is 11.3 Å². The van der Waals surface area contributed by atoms with Gasteiger partial charge in [-0.25, -0.2) is 0 Å². The van der Waals surface area contributed by atoms with Crippen molar-refractivity contribution in [3.05, 3.63) is 140 Å². The molecule has 192 valence electrons. The molecule has 0 atom stereocenters. The van der Waals surface area contributed by atoms with Gasteiger partial charge in [0.1, 0.15) is 11.1 Å². The molecule has 0 radical (unpaired) electrons. The van der Waals surface area contributed by atoms with Gasteiger partial charge in [-0.3, -0.25) is 0 Å². The van der Waals surface area contributed by atoms with Gasteiger partial charge >= 0.3 is 0 Å². The molecule has 0 saturated carbocycles. The number of hydrogen-bond donors (Lipinski definition) is 0. The van der Waals surface area contributed by atoms with Gasteiger partial charge in [0.15, 0.2) is 5.58 Å². The molecule has 0 bridgehead atoms. The van der Waals surface area contributed by atoms with E-state index in [1.54, 1.807) is 0 Å². The summed E-state index contributed by atoms with van der Waals surface area (Å²) in [5, 5.41) is 4.87. The molecule has 0 aliphatic heterocycles. The molecule has 0 aliphatic carbocycles. The summed E-state index contributed by atoms with van der Waals surface area (Å²) in [5.41, 5.74) is 9.98. The summed E-state index contributed by atoms with van der Waals surface area (Å²) >= 11 is 1.86. The van der Waals surface area contributed by atoms with Crippen molar-refractivity contribution < 1.29 is 4.42 Å². The van der Waals surface area contributed by atoms with Crippen molar-refractivity contribution in [2.45, 2.75) is 0 Å². The molecule has 0 N–H and O–H groups in total. The summed E-state index contributed by atoms with van der Waals surface area (Å²) in [6.45, 7) is 0. The summed E-state index contributed by atoms with van der Waals surface area (Å²) in [4.78, 5) is 0. The van der Waals surface area contributed by atoms with Gasteiger partial charge in [0.05, 0.1) is 5.52 Å². The van der Waals surface area contributed by atoms with E-state index in [4.69, 9.17) is 4.42 Å². The predicted octanol–water partition coefficient (Wildman–Crippen LogP) is 11.2. The molecule has 0 aliphatic rings. The van der Waals surface area contributed by atoms with E-state index in [2.05, 4.69) is 144 Å². The van der Waals surface area contributed by atoms with Crippen LogP contribution in [-0.2, 0) is 0 Å². The van der Waals surface area contributed by atoms with E-state index < -0.39 is 0 Å². The van der Waals surface area contributed by atoms with Gasteiger partial charge in [-0.15, -0.1) is 11.3 Å². The molecule has 0 saturated heterocycles. The Balaban J connectivity index is 1.36. The molecule has 41 heavy (non-hydrogen) atoms. The number of para-hydroxylation sites is 3. The summed E-state index contributed by atoms with van der Waals surface area (Å²) < 4.78 is 11.8. The Morgan fingerprint density at radius 3 is 1.93 bits per heavy atom. The Hall–Kier alpha value is -5.12. The lowest BCUT2D eigenvalue weighted by atomic mass is 9.91. The fraction of sp³-hybridized carbons (Fsp3) is 0. The minimum atomic E-state index is 0.919. The molecule has 2 nitrogen and oxygen atoms in total. The van der Waals surface area contributed by atoms with Crippen molar-refractivity contribution in [2.24, 2.45) is 0 Å². The summed E-state index contributed by atoms with van der Waals surface area (Å²) in [6, 6.07) is 49.8. The Morgan fingerprint density at radius 1 is 0.439 bits per heavy atom. The number of aromatic nitrogens is 1. The van der Waals surface area contributed by atoms with E-state index in [-0.39, 0.29) is 0 Å². The number of rotatable bonds is 3. The number of fused-ring (bicyclic) bond motifs is 8. The first kappa shape index (κ1) is 22.7. The second-order valence-corrected chi connectivity index (χ2v) is 11.6. The molecule has 0 unspecified atom stereocenters. The first-order chi connectivity index (χ1) is 20.4. The molecule has 9 aromatic rings. The van der Waals surface area contributed by atoms with E-state index in [0.717, 1.165) is 44.2 Å². The topological polar surface area (TPSA) is 18.1 Å². The van der Waals surface area contributed by atoms with Crippen molar-refractivity contribution in [1.82, 2.24) is 4.57 Å². The Kier molecular flexibility index (Phi) is 4.80. The minimum absolute atomic E-state index is 0.919. The maximum atomic E-state index is 6.87. The Morgan fingerprint density at radius 2 is 1.05 bits per heavy atom. The SMILES string of the molecule is c1ccc(-n2c3ccccc3c3oc4c(-c5ccccc5-c5cccc6sc7ccccc7c56)cccc4c32)cc1. The molecular formula is C38H23NOS. The first-order valence-corrected chi connectivity index (χ1v) is 14.7. The highest BCUT2D eigenvalue weighted by Crippen LogP contribution is 2.46. The zero-order valence-electron chi connectivity index (χ0n) is 22.0. The van der Waals surface area contributed by atoms with Crippen LogP contribution in [0.15, 0.2) is 144 Å². The van der Waals surface area contributed by atoms with Crippen LogP contribution in [0.4, 0.5) is 0 Å². The predicted molar refractivity (Wildman–Crippen MR) is 174 cm³/mol. The smallest absolute Gasteiger partial charge is 0.161 e. The fourth-order valence-electron chi connectivity index (χ4n) is 6.50. The molecule has 3 heteroatoms. The van der Waals surface area contributed by atoms with Crippen LogP contribution in [0.1, 0.15) is 0 Å². The molecule has 9 rings (SSSR count). The average Bonchev–Trinajstić information content (AvgIpc) is 3.70. The molecule has 3 heterocycles. The maximum absolute atomic E-state index is 6.87. The standard InChI is InChI=1S/C38H23NOS/c1-2-12-24(13-3-1)39-32-21-8-6-16-29(32)38-36(39)31-20-10-19-28(37(31)40-38)26-15-5-4-14-25(26)27-18-11-23-34-35(27)30-17-7-9-22-33(30)41-34/h1-23H. The van der Waals surface area contributed by atoms with Gasteiger partial charge in [0.25, 0.3) is 0 Å². The van der Waals surface area contributed by atoms with Gasteiger partial charge in [-0.05, 0) is 59.2 Å². The van der Waals surface area contributed by atoms with Crippen LogP contribution in [0.5, 0.6) is 0 Å². The van der Waals surface area contributed by atoms with E-state index in [0.29, 0.717) is 0 Å². The van der Waals surface area contributed by atoms with Gasteiger partial charge in [0, 0.05) is 42.2 Å². The fourth-order valence-corrected chi connectivity index (χ4v) is 7.63. The highest BCUT2D eigenvalue weighted by molar-refractivity contribution is 7.25. The van der Waals surface area contributed by atoms with Crippen molar-refractivity contribution in [2.75, 3.05) is 0 Å². The van der Waals surface area contributed by atoms with Gasteiger partial charge in [-0.1, -0.05) is 97.1 Å². The third-order valence-corrected chi connectivity index (χ3v) is 9.36. The van der Waals surface area contributed by atoms with Crippen LogP contribution in [0.3, 0.4) is 0 Å². The normalized spacial score (nSPS) is 11.9. The van der Waals surface area contributed by atoms with Gasteiger partial charge < -0.3 is 8.98 Å². The van der Waals surface area contributed by atoms with E-state index in [1.165, 1.54) is 36.9 Å². The Bertz CT molecular complexity index is 2420. The van der Waals surface area contributed by atoms with Crippen LogP contribution in [0.2, 0.25) is 0 Å². The quantitative estimate of drug-likeness (QED) is 0.217. The zero-order valence-corrected chi connectivity index (χ0v) is 22.9. The van der Waals surface area contributed by atoms with Crippen molar-refractivity contribution in [3.63, 3.8) is 0 Å². The van der Waals surface area contributed by atoms with Crippen molar-refractivity contribution in [1.29, 1.82) is 0 Å². The lowest BCUT2D eigenvalue weighted by Crippen LogP contribution is -1.93. The van der Waals surface area contributed by atoms with Crippen LogP contribution < -0.4 is 0 Å². The molecule has 0 amide bonds. The molecule has 0 spiro atoms. The largest absolute Gasteiger partial charge is 0.453 e. The van der Waals surface area contributed by atoms with Crippen LogP contribution in [-0.4, -0.2) is 4.57 Å². The molecule has 0 fully saturated rings. The molecule has 6 aromatic carbocycles. The van der Waals surface area contributed by atoms with E-state index >= 15 is 0 Å². The lowest BCUT2D eigenvalue weighted by molar-refractivity contribution is 0.674. The third-order valence-electron chi connectivity index (χ3n) is 8.23. The minimum Gasteiger partial charge on any atom is -0.453 e. The summed E-state index contributed by atoms with van der Waals surface area (Å²) in [5.74, 6) is 0. The molecule has 3 aromatic heterocycles. The summed E-state index contributed by atoms with van der Waals surface area (Å²) in [6.07, 6.45) is 0. The van der Waals surface area contributed by atoms with Crippen molar-refractivity contribution >= 4 is 64.5 Å². The Labute approximate surface area is 240 Å². The second-order valence-electron chi connectivity index (χ2n) is 10.5. The summed E-state index contributed by atoms with van der Waals surface area (Å²) in [7, 11) is 0. The monoisotopic (exact) mass is 541 g/mol. The number of thiophene rings is 1. The average molecular weight is 542 g/mol. The highest BCUT2D eigenvalue weighted by atomic mass is 32.1. The highest BCUT2D eigenvalue weighted by Gasteiger charge is 2.22. The second kappa shape index (κ2) is 8.69. The number of hydrogen-bond acceptors (Lipinski definition) is 2. The van der Waals surface area contributed by atoms with Crippen LogP contribution in [0.25, 0.3) is 81.1 Å². The number of benzene rings is 6. The molecular weight excluding hydrogens is 518 g/mol. The zero-order chi connectivity index (χ0) is 26.9. The first-order valence-electron chi connectivity index (χ1n) is 13.9. The van der Waals surface area contributed by atoms with Gasteiger partial charge in [-0.2, -0.15) is 0 Å². The number of nitrogens with zero attached hydrogens (tertiary/aromatic N) is 1. The van der Waals surface area contributed by atoms with Crippen molar-refractivity contribution in [3.8, 4) is 27.9 Å². The van der Waals surface area contributed by atoms with Gasteiger partial charge in [0.2, 0.25) is 0 Å². The lowest BCUT2D eigenvalue weighted by Gasteiger charge is -2.12. The van der Waals surface area contributed by atoms with E-state index in [9.17, 15) is 0 Å². The van der Waals surface area contributed by atoms with Crippen LogP contribution in [0, 0.1) is 0 Å². The maximum Gasteiger partial charge on any atom is 0.161 e. The third kappa shape index (κ3) is 3.24. The number of furan rings is 1. The van der Waals surface area contributed by atoms with E-state index in [1.807, 2.05) is 11.3 Å².